The molecule has 0 aliphatic heterocycles. The van der Waals surface area contributed by atoms with E-state index in [0.29, 0.717) is 5.82 Å². The van der Waals surface area contributed by atoms with Crippen molar-refractivity contribution in [1.29, 1.82) is 0 Å². The second-order valence-corrected chi connectivity index (χ2v) is 4.85. The lowest BCUT2D eigenvalue weighted by Crippen LogP contribution is -2.32. The molecule has 0 spiro atoms. The van der Waals surface area contributed by atoms with Crippen LogP contribution >= 0.6 is 0 Å². The first-order valence-electron chi connectivity index (χ1n) is 6.98. The minimum atomic E-state index is -0.302. The molecule has 0 saturated carbocycles. The first-order chi connectivity index (χ1) is 10.1. The first kappa shape index (κ1) is 14.9. The quantitative estimate of drug-likeness (QED) is 0.791. The molecule has 0 saturated heterocycles. The standard InChI is InChI=1S/C15H20N4O2/c1-3-9-19-14(7-8-16-19)18-15(21)17-11(2)12-5-4-6-13(20)10-12/h4-8,10-11,20H,3,9H2,1-2H3,(H2,17,18,21)/t11-/m0/s1. The number of nitrogens with zero attached hydrogens (tertiary/aromatic N) is 2. The Morgan fingerprint density at radius 2 is 2.24 bits per heavy atom. The number of aromatic hydroxyl groups is 1. The third-order valence-electron chi connectivity index (χ3n) is 3.11. The molecule has 21 heavy (non-hydrogen) atoms. The molecule has 1 heterocycles. The van der Waals surface area contributed by atoms with Gasteiger partial charge in [-0.15, -0.1) is 0 Å². The summed E-state index contributed by atoms with van der Waals surface area (Å²) in [6, 6.07) is 8.08. The van der Waals surface area contributed by atoms with Gasteiger partial charge in [0, 0.05) is 12.6 Å². The fourth-order valence-corrected chi connectivity index (χ4v) is 2.06. The number of urea groups is 1. The van der Waals surface area contributed by atoms with Crippen LogP contribution in [0.5, 0.6) is 5.75 Å². The van der Waals surface area contributed by atoms with E-state index >= 15 is 0 Å². The van der Waals surface area contributed by atoms with Crippen molar-refractivity contribution in [3.63, 3.8) is 0 Å². The van der Waals surface area contributed by atoms with Crippen molar-refractivity contribution in [3.05, 3.63) is 42.1 Å². The highest BCUT2D eigenvalue weighted by molar-refractivity contribution is 5.88. The van der Waals surface area contributed by atoms with Crippen molar-refractivity contribution in [2.75, 3.05) is 5.32 Å². The van der Waals surface area contributed by atoms with E-state index in [2.05, 4.69) is 22.7 Å². The van der Waals surface area contributed by atoms with E-state index in [4.69, 9.17) is 0 Å². The van der Waals surface area contributed by atoms with Crippen LogP contribution in [-0.2, 0) is 6.54 Å². The number of aryl methyl sites for hydroxylation is 1. The normalized spacial score (nSPS) is 11.9. The van der Waals surface area contributed by atoms with Gasteiger partial charge >= 0.3 is 6.03 Å². The van der Waals surface area contributed by atoms with Crippen LogP contribution in [0.25, 0.3) is 0 Å². The lowest BCUT2D eigenvalue weighted by Gasteiger charge is -2.15. The van der Waals surface area contributed by atoms with Gasteiger partial charge in [0.05, 0.1) is 12.2 Å². The maximum absolute atomic E-state index is 12.0. The van der Waals surface area contributed by atoms with Crippen LogP contribution in [0, 0.1) is 0 Å². The molecule has 2 aromatic rings. The summed E-state index contributed by atoms with van der Waals surface area (Å²) in [6.07, 6.45) is 2.60. The Hall–Kier alpha value is -2.50. The number of hydrogen-bond acceptors (Lipinski definition) is 3. The molecule has 112 valence electrons. The zero-order chi connectivity index (χ0) is 15.2. The zero-order valence-electron chi connectivity index (χ0n) is 12.2. The van der Waals surface area contributed by atoms with Gasteiger partial charge in [0.25, 0.3) is 0 Å². The number of carbonyl (C=O) groups is 1. The molecule has 0 fully saturated rings. The molecule has 0 aliphatic rings. The second kappa shape index (κ2) is 6.78. The number of rotatable bonds is 5. The van der Waals surface area contributed by atoms with Gasteiger partial charge in [-0.1, -0.05) is 19.1 Å². The van der Waals surface area contributed by atoms with Crippen molar-refractivity contribution in [2.45, 2.75) is 32.9 Å². The molecule has 0 aliphatic carbocycles. The Balaban J connectivity index is 1.96. The van der Waals surface area contributed by atoms with Crippen LogP contribution in [0.4, 0.5) is 10.6 Å². The van der Waals surface area contributed by atoms with E-state index < -0.39 is 0 Å². The molecule has 1 aromatic carbocycles. The highest BCUT2D eigenvalue weighted by Crippen LogP contribution is 2.18. The third-order valence-corrected chi connectivity index (χ3v) is 3.11. The third kappa shape index (κ3) is 3.98. The molecule has 3 N–H and O–H groups in total. The second-order valence-electron chi connectivity index (χ2n) is 4.85. The summed E-state index contributed by atoms with van der Waals surface area (Å²) in [5.41, 5.74) is 0.840. The SMILES string of the molecule is CCCn1nccc1NC(=O)N[C@@H](C)c1cccc(O)c1. The van der Waals surface area contributed by atoms with Gasteiger partial charge in [0.2, 0.25) is 0 Å². The van der Waals surface area contributed by atoms with E-state index in [1.807, 2.05) is 13.0 Å². The molecule has 1 aromatic heterocycles. The fraction of sp³-hybridized carbons (Fsp3) is 0.333. The topological polar surface area (TPSA) is 79.2 Å². The number of nitrogens with one attached hydrogen (secondary N) is 2. The van der Waals surface area contributed by atoms with Gasteiger partial charge in [-0.25, -0.2) is 9.48 Å². The minimum Gasteiger partial charge on any atom is -0.508 e. The summed E-state index contributed by atoms with van der Waals surface area (Å²) in [6.45, 7) is 4.66. The summed E-state index contributed by atoms with van der Waals surface area (Å²) in [5.74, 6) is 0.847. The molecular formula is C15H20N4O2. The molecule has 6 heteroatoms. The average Bonchev–Trinajstić information content (AvgIpc) is 2.86. The number of phenolic OH excluding ortho intramolecular Hbond substituents is 1. The van der Waals surface area contributed by atoms with Crippen LogP contribution in [0.1, 0.15) is 31.9 Å². The highest BCUT2D eigenvalue weighted by Gasteiger charge is 2.11. The molecule has 6 nitrogen and oxygen atoms in total. The Morgan fingerprint density at radius 1 is 1.43 bits per heavy atom. The van der Waals surface area contributed by atoms with Crippen molar-refractivity contribution in [1.82, 2.24) is 15.1 Å². The number of hydrogen-bond donors (Lipinski definition) is 3. The summed E-state index contributed by atoms with van der Waals surface area (Å²) >= 11 is 0. The van der Waals surface area contributed by atoms with Crippen molar-refractivity contribution in [3.8, 4) is 5.75 Å². The Labute approximate surface area is 123 Å². The van der Waals surface area contributed by atoms with Gasteiger partial charge in [0.15, 0.2) is 0 Å². The number of carbonyl (C=O) groups excluding carboxylic acids is 1. The van der Waals surface area contributed by atoms with E-state index in [1.165, 1.54) is 0 Å². The van der Waals surface area contributed by atoms with E-state index in [1.54, 1.807) is 35.1 Å². The Kier molecular flexibility index (Phi) is 4.81. The molecule has 0 bridgehead atoms. The van der Waals surface area contributed by atoms with E-state index in [0.717, 1.165) is 18.5 Å². The molecule has 2 rings (SSSR count). The Morgan fingerprint density at radius 3 is 2.95 bits per heavy atom. The van der Waals surface area contributed by atoms with Crippen LogP contribution in [0.3, 0.4) is 0 Å². The zero-order valence-corrected chi connectivity index (χ0v) is 12.2. The highest BCUT2D eigenvalue weighted by atomic mass is 16.3. The molecule has 2 amide bonds. The van der Waals surface area contributed by atoms with Gasteiger partial charge in [-0.2, -0.15) is 5.10 Å². The van der Waals surface area contributed by atoms with Crippen LogP contribution < -0.4 is 10.6 Å². The van der Waals surface area contributed by atoms with Crippen LogP contribution in [0.2, 0.25) is 0 Å². The van der Waals surface area contributed by atoms with Gasteiger partial charge in [-0.3, -0.25) is 5.32 Å². The number of amides is 2. The average molecular weight is 288 g/mol. The number of benzene rings is 1. The molecular weight excluding hydrogens is 268 g/mol. The fourth-order valence-electron chi connectivity index (χ4n) is 2.06. The number of phenols is 1. The summed E-state index contributed by atoms with van der Waals surface area (Å²) in [4.78, 5) is 12.0. The molecule has 0 radical (unpaired) electrons. The Bertz CT molecular complexity index is 609. The number of anilines is 1. The van der Waals surface area contributed by atoms with Gasteiger partial charge < -0.3 is 10.4 Å². The van der Waals surface area contributed by atoms with E-state index in [9.17, 15) is 9.90 Å². The number of aromatic nitrogens is 2. The maximum Gasteiger partial charge on any atom is 0.320 e. The van der Waals surface area contributed by atoms with Crippen molar-refractivity contribution < 1.29 is 9.90 Å². The lowest BCUT2D eigenvalue weighted by molar-refractivity contribution is 0.249. The summed E-state index contributed by atoms with van der Waals surface area (Å²) in [5, 5.41) is 19.2. The van der Waals surface area contributed by atoms with Crippen molar-refractivity contribution in [2.24, 2.45) is 0 Å². The predicted octanol–water partition coefficient (Wildman–Crippen LogP) is 2.88. The first-order valence-corrected chi connectivity index (χ1v) is 6.98. The summed E-state index contributed by atoms with van der Waals surface area (Å²) < 4.78 is 1.75. The monoisotopic (exact) mass is 288 g/mol. The smallest absolute Gasteiger partial charge is 0.320 e. The summed E-state index contributed by atoms with van der Waals surface area (Å²) in [7, 11) is 0. The van der Waals surface area contributed by atoms with Gasteiger partial charge in [-0.05, 0) is 31.0 Å². The van der Waals surface area contributed by atoms with Crippen LogP contribution in [-0.4, -0.2) is 20.9 Å². The predicted molar refractivity (Wildman–Crippen MR) is 81.2 cm³/mol. The van der Waals surface area contributed by atoms with Crippen LogP contribution in [0.15, 0.2) is 36.5 Å². The molecule has 1 atom stereocenters. The molecule has 0 unspecified atom stereocenters. The van der Waals surface area contributed by atoms with Gasteiger partial charge in [0.1, 0.15) is 11.6 Å². The maximum atomic E-state index is 12.0. The van der Waals surface area contributed by atoms with Crippen molar-refractivity contribution >= 4 is 11.8 Å². The lowest BCUT2D eigenvalue weighted by atomic mass is 10.1. The minimum absolute atomic E-state index is 0.183. The largest absolute Gasteiger partial charge is 0.508 e. The van der Waals surface area contributed by atoms with E-state index in [-0.39, 0.29) is 17.8 Å².